The van der Waals surface area contributed by atoms with Crippen molar-refractivity contribution in [1.29, 1.82) is 0 Å². The Morgan fingerprint density at radius 1 is 1.57 bits per heavy atom. The summed E-state index contributed by atoms with van der Waals surface area (Å²) in [6.07, 6.45) is 1.68. The second-order valence-corrected chi connectivity index (χ2v) is 5.04. The summed E-state index contributed by atoms with van der Waals surface area (Å²) in [5.74, 6) is -0.341. The van der Waals surface area contributed by atoms with Crippen LogP contribution in [0.2, 0.25) is 0 Å². The molecule has 0 aliphatic carbocycles. The van der Waals surface area contributed by atoms with Crippen molar-refractivity contribution in [2.45, 2.75) is 19.8 Å². The number of nitrogens with zero attached hydrogens (tertiary/aromatic N) is 2. The quantitative estimate of drug-likeness (QED) is 0.394. The topological polar surface area (TPSA) is 98.7 Å². The Bertz CT molecular complexity index is 547. The van der Waals surface area contributed by atoms with E-state index >= 15 is 0 Å². The van der Waals surface area contributed by atoms with E-state index in [1.54, 1.807) is 19.1 Å². The molecular formula is C14H19N3O4. The maximum Gasteiger partial charge on any atom is 0.310 e. The lowest BCUT2D eigenvalue weighted by Crippen LogP contribution is -2.39. The van der Waals surface area contributed by atoms with Gasteiger partial charge in [0.2, 0.25) is 0 Å². The fourth-order valence-electron chi connectivity index (χ4n) is 2.57. The lowest BCUT2D eigenvalue weighted by Gasteiger charge is -2.33. The molecule has 2 N–H and O–H groups in total. The van der Waals surface area contributed by atoms with Crippen molar-refractivity contribution in [1.82, 2.24) is 0 Å². The normalized spacial score (nSPS) is 18.3. The van der Waals surface area contributed by atoms with E-state index in [4.69, 9.17) is 10.5 Å². The van der Waals surface area contributed by atoms with Gasteiger partial charge in [-0.05, 0) is 31.9 Å². The second kappa shape index (κ2) is 6.43. The number of ether oxygens (including phenoxy) is 1. The van der Waals surface area contributed by atoms with E-state index in [0.29, 0.717) is 13.2 Å². The van der Waals surface area contributed by atoms with E-state index in [0.717, 1.165) is 25.1 Å². The number of nitrogen functional groups attached to an aromatic ring is 1. The molecule has 1 fully saturated rings. The van der Waals surface area contributed by atoms with Crippen molar-refractivity contribution in [3.8, 4) is 0 Å². The van der Waals surface area contributed by atoms with E-state index in [2.05, 4.69) is 0 Å². The first-order chi connectivity index (χ1) is 10.0. The summed E-state index contributed by atoms with van der Waals surface area (Å²) in [7, 11) is 0. The van der Waals surface area contributed by atoms with Crippen LogP contribution in [-0.2, 0) is 9.53 Å². The molecule has 0 spiro atoms. The first-order valence-corrected chi connectivity index (χ1v) is 6.98. The molecule has 114 valence electrons. The number of esters is 1. The Hall–Kier alpha value is -2.31. The van der Waals surface area contributed by atoms with Gasteiger partial charge in [-0.25, -0.2) is 0 Å². The average molecular weight is 293 g/mol. The van der Waals surface area contributed by atoms with E-state index in [1.807, 2.05) is 4.90 Å². The van der Waals surface area contributed by atoms with Crippen LogP contribution in [-0.4, -0.2) is 30.6 Å². The molecule has 0 amide bonds. The molecule has 0 bridgehead atoms. The van der Waals surface area contributed by atoms with Crippen LogP contribution in [0, 0.1) is 16.0 Å². The number of carbonyl (C=O) groups is 1. The molecule has 1 aromatic rings. The minimum absolute atomic E-state index is 0.0993. The van der Waals surface area contributed by atoms with Crippen LogP contribution in [0.1, 0.15) is 19.8 Å². The third-order valence-corrected chi connectivity index (χ3v) is 3.61. The summed E-state index contributed by atoms with van der Waals surface area (Å²) in [6, 6.07) is 4.66. The minimum Gasteiger partial charge on any atom is -0.466 e. The van der Waals surface area contributed by atoms with Crippen LogP contribution < -0.4 is 10.6 Å². The Labute approximate surface area is 122 Å². The average Bonchev–Trinajstić information content (AvgIpc) is 2.47. The molecule has 1 aliphatic heterocycles. The minimum atomic E-state index is -0.503. The highest BCUT2D eigenvalue weighted by Crippen LogP contribution is 2.30. The molecule has 0 radical (unpaired) electrons. The molecule has 1 aromatic carbocycles. The summed E-state index contributed by atoms with van der Waals surface area (Å²) in [6.45, 7) is 3.51. The predicted molar refractivity (Wildman–Crippen MR) is 79.1 cm³/mol. The molecule has 0 aromatic heterocycles. The van der Waals surface area contributed by atoms with E-state index in [1.165, 1.54) is 6.07 Å². The summed E-state index contributed by atoms with van der Waals surface area (Å²) in [5.41, 5.74) is 6.55. The fraction of sp³-hybridized carbons (Fsp3) is 0.500. The van der Waals surface area contributed by atoms with Crippen molar-refractivity contribution in [2.75, 3.05) is 30.3 Å². The molecule has 21 heavy (non-hydrogen) atoms. The first kappa shape index (κ1) is 15.1. The number of piperidine rings is 1. The number of carbonyl (C=O) groups excluding carboxylic acids is 1. The monoisotopic (exact) mass is 293 g/mol. The lowest BCUT2D eigenvalue weighted by molar-refractivity contribution is -0.383. The molecule has 1 unspecified atom stereocenters. The molecule has 7 heteroatoms. The van der Waals surface area contributed by atoms with Gasteiger partial charge in [-0.3, -0.25) is 14.9 Å². The number of benzene rings is 1. The van der Waals surface area contributed by atoms with Crippen molar-refractivity contribution >= 4 is 23.0 Å². The molecule has 1 aliphatic rings. The molecule has 1 atom stereocenters. The number of hydrogen-bond donors (Lipinski definition) is 1. The number of nitrogens with two attached hydrogens (primary N) is 1. The zero-order valence-electron chi connectivity index (χ0n) is 11.9. The molecule has 7 nitrogen and oxygen atoms in total. The molecule has 1 heterocycles. The van der Waals surface area contributed by atoms with E-state index in [9.17, 15) is 14.9 Å². The summed E-state index contributed by atoms with van der Waals surface area (Å²) in [5, 5.41) is 10.8. The SMILES string of the molecule is CCOC(=O)C1CCCN(c2ccc([N+](=O)[O-])c(N)c2)C1. The first-order valence-electron chi connectivity index (χ1n) is 6.98. The van der Waals surface area contributed by atoms with E-state index < -0.39 is 4.92 Å². The van der Waals surface area contributed by atoms with Gasteiger partial charge in [0.1, 0.15) is 5.69 Å². The zero-order valence-corrected chi connectivity index (χ0v) is 11.9. The largest absolute Gasteiger partial charge is 0.466 e. The van der Waals surface area contributed by atoms with Crippen molar-refractivity contribution in [3.05, 3.63) is 28.3 Å². The lowest BCUT2D eigenvalue weighted by atomic mass is 9.97. The number of nitro benzene ring substituents is 1. The number of rotatable bonds is 4. The smallest absolute Gasteiger partial charge is 0.310 e. The van der Waals surface area contributed by atoms with Crippen LogP contribution in [0.4, 0.5) is 17.1 Å². The summed E-state index contributed by atoms with van der Waals surface area (Å²) in [4.78, 5) is 24.1. The van der Waals surface area contributed by atoms with Crippen LogP contribution in [0.3, 0.4) is 0 Å². The van der Waals surface area contributed by atoms with Crippen LogP contribution >= 0.6 is 0 Å². The third-order valence-electron chi connectivity index (χ3n) is 3.61. The van der Waals surface area contributed by atoms with Crippen LogP contribution in [0.5, 0.6) is 0 Å². The van der Waals surface area contributed by atoms with Gasteiger partial charge in [-0.1, -0.05) is 0 Å². The van der Waals surface area contributed by atoms with Crippen LogP contribution in [0.25, 0.3) is 0 Å². The van der Waals surface area contributed by atoms with Crippen molar-refractivity contribution in [3.63, 3.8) is 0 Å². The highest BCUT2D eigenvalue weighted by Gasteiger charge is 2.27. The fourth-order valence-corrected chi connectivity index (χ4v) is 2.57. The zero-order chi connectivity index (χ0) is 15.4. The standard InChI is InChI=1S/C14H19N3O4/c1-2-21-14(18)10-4-3-7-16(9-10)11-5-6-13(17(19)20)12(15)8-11/h5-6,8,10H,2-4,7,9,15H2,1H3. The van der Waals surface area contributed by atoms with Gasteiger partial charge in [0, 0.05) is 24.8 Å². The van der Waals surface area contributed by atoms with Gasteiger partial charge in [-0.2, -0.15) is 0 Å². The van der Waals surface area contributed by atoms with E-state index in [-0.39, 0.29) is 23.3 Å². The Kier molecular flexibility index (Phi) is 4.62. The van der Waals surface area contributed by atoms with Crippen LogP contribution in [0.15, 0.2) is 18.2 Å². The van der Waals surface area contributed by atoms with Gasteiger partial charge in [0.05, 0.1) is 17.4 Å². The highest BCUT2D eigenvalue weighted by molar-refractivity contribution is 5.74. The Balaban J connectivity index is 2.12. The summed E-state index contributed by atoms with van der Waals surface area (Å²) < 4.78 is 5.06. The third kappa shape index (κ3) is 3.42. The van der Waals surface area contributed by atoms with Crippen molar-refractivity contribution in [2.24, 2.45) is 5.92 Å². The predicted octanol–water partition coefficient (Wildman–Crippen LogP) is 1.96. The number of hydrogen-bond acceptors (Lipinski definition) is 6. The summed E-state index contributed by atoms with van der Waals surface area (Å²) >= 11 is 0. The molecule has 1 saturated heterocycles. The molecule has 0 saturated carbocycles. The number of anilines is 2. The maximum absolute atomic E-state index is 11.8. The maximum atomic E-state index is 11.8. The van der Waals surface area contributed by atoms with Gasteiger partial charge in [0.15, 0.2) is 0 Å². The Morgan fingerprint density at radius 2 is 2.33 bits per heavy atom. The highest BCUT2D eigenvalue weighted by atomic mass is 16.6. The molecule has 2 rings (SSSR count). The van der Waals surface area contributed by atoms with Gasteiger partial charge in [0.25, 0.3) is 5.69 Å². The number of nitro groups is 1. The Morgan fingerprint density at radius 3 is 2.95 bits per heavy atom. The molecular weight excluding hydrogens is 274 g/mol. The second-order valence-electron chi connectivity index (χ2n) is 5.04. The van der Waals surface area contributed by atoms with Gasteiger partial charge in [-0.15, -0.1) is 0 Å². The van der Waals surface area contributed by atoms with Gasteiger partial charge < -0.3 is 15.4 Å². The van der Waals surface area contributed by atoms with Crippen molar-refractivity contribution < 1.29 is 14.5 Å². The van der Waals surface area contributed by atoms with Gasteiger partial charge >= 0.3 is 5.97 Å².